The van der Waals surface area contributed by atoms with E-state index in [-0.39, 0.29) is 24.3 Å². The van der Waals surface area contributed by atoms with Crippen molar-refractivity contribution in [3.8, 4) is 0 Å². The Hall–Kier alpha value is -2.15. The minimum Gasteiger partial charge on any atom is -0.481 e. The quantitative estimate of drug-likeness (QED) is 0.570. The average molecular weight is 391 g/mol. The molecule has 1 saturated carbocycles. The highest BCUT2D eigenvalue weighted by molar-refractivity contribution is 7.16. The topological polar surface area (TPSA) is 92.7 Å². The number of carbonyl (C=O) groups is 3. The Kier molecular flexibility index (Phi) is 5.69. The van der Waals surface area contributed by atoms with E-state index in [1.807, 2.05) is 26.0 Å². The fourth-order valence-electron chi connectivity index (χ4n) is 4.40. The SMILES string of the molecule is CCOC(=O)c1c(NC(=O)[C@@H]2[C@@H](C(=O)O)[C@H]3C=C[C@@H]2CC3)sc(C)c1CC. The lowest BCUT2D eigenvalue weighted by Crippen LogP contribution is -2.47. The highest BCUT2D eigenvalue weighted by atomic mass is 32.1. The lowest BCUT2D eigenvalue weighted by atomic mass is 9.62. The Balaban J connectivity index is 1.91. The summed E-state index contributed by atoms with van der Waals surface area (Å²) in [4.78, 5) is 38.2. The molecule has 2 N–H and O–H groups in total. The first-order valence-electron chi connectivity index (χ1n) is 9.40. The number of ether oxygens (including phenoxy) is 1. The van der Waals surface area contributed by atoms with Crippen LogP contribution in [0.4, 0.5) is 5.00 Å². The number of amides is 1. The number of nitrogens with one attached hydrogen (secondary N) is 1. The van der Waals surface area contributed by atoms with Gasteiger partial charge in [-0.05, 0) is 50.5 Å². The molecule has 3 aliphatic carbocycles. The second-order valence-electron chi connectivity index (χ2n) is 7.08. The van der Waals surface area contributed by atoms with Crippen LogP contribution in [0.3, 0.4) is 0 Å². The van der Waals surface area contributed by atoms with Crippen LogP contribution >= 0.6 is 11.3 Å². The van der Waals surface area contributed by atoms with Crippen molar-refractivity contribution in [3.05, 3.63) is 28.2 Å². The molecule has 27 heavy (non-hydrogen) atoms. The van der Waals surface area contributed by atoms with Crippen LogP contribution in [-0.4, -0.2) is 29.6 Å². The molecule has 0 spiro atoms. The molecular formula is C20H25NO5S. The second kappa shape index (κ2) is 7.84. The Morgan fingerprint density at radius 1 is 1.19 bits per heavy atom. The Labute approximate surface area is 162 Å². The lowest BCUT2D eigenvalue weighted by Gasteiger charge is -2.41. The van der Waals surface area contributed by atoms with Gasteiger partial charge in [-0.2, -0.15) is 0 Å². The number of hydrogen-bond donors (Lipinski definition) is 2. The fraction of sp³-hybridized carbons (Fsp3) is 0.550. The Bertz CT molecular complexity index is 797. The van der Waals surface area contributed by atoms with Gasteiger partial charge >= 0.3 is 11.9 Å². The molecule has 2 bridgehead atoms. The molecule has 1 fully saturated rings. The molecule has 0 unspecified atom stereocenters. The number of allylic oxidation sites excluding steroid dienone is 2. The highest BCUT2D eigenvalue weighted by Gasteiger charge is 2.48. The molecule has 0 aliphatic heterocycles. The predicted molar refractivity (Wildman–Crippen MR) is 103 cm³/mol. The lowest BCUT2D eigenvalue weighted by molar-refractivity contribution is -0.151. The summed E-state index contributed by atoms with van der Waals surface area (Å²) in [7, 11) is 0. The molecule has 0 aromatic carbocycles. The molecule has 1 aromatic rings. The van der Waals surface area contributed by atoms with E-state index in [9.17, 15) is 19.5 Å². The van der Waals surface area contributed by atoms with Crippen LogP contribution in [0.1, 0.15) is 47.5 Å². The van der Waals surface area contributed by atoms with E-state index >= 15 is 0 Å². The van der Waals surface area contributed by atoms with Crippen molar-refractivity contribution < 1.29 is 24.2 Å². The maximum Gasteiger partial charge on any atom is 0.341 e. The second-order valence-corrected chi connectivity index (χ2v) is 8.31. The first-order chi connectivity index (χ1) is 12.9. The zero-order valence-electron chi connectivity index (χ0n) is 15.8. The summed E-state index contributed by atoms with van der Waals surface area (Å²) in [5, 5.41) is 13.0. The number of carboxylic acids is 1. The minimum absolute atomic E-state index is 0.0751. The summed E-state index contributed by atoms with van der Waals surface area (Å²) < 4.78 is 5.17. The molecule has 7 heteroatoms. The number of aliphatic carboxylic acids is 1. The summed E-state index contributed by atoms with van der Waals surface area (Å²) in [6, 6.07) is 0. The van der Waals surface area contributed by atoms with E-state index in [4.69, 9.17) is 4.74 Å². The van der Waals surface area contributed by atoms with Gasteiger partial charge in [0.15, 0.2) is 0 Å². The van der Waals surface area contributed by atoms with Gasteiger partial charge in [0.1, 0.15) is 5.00 Å². The van der Waals surface area contributed by atoms with Gasteiger partial charge in [-0.3, -0.25) is 9.59 Å². The highest BCUT2D eigenvalue weighted by Crippen LogP contribution is 2.46. The van der Waals surface area contributed by atoms with Crippen LogP contribution in [0, 0.1) is 30.6 Å². The average Bonchev–Trinajstić information content (AvgIpc) is 2.96. The van der Waals surface area contributed by atoms with Gasteiger partial charge in [0.25, 0.3) is 0 Å². The third-order valence-electron chi connectivity index (χ3n) is 5.61. The third-order valence-corrected chi connectivity index (χ3v) is 6.68. The van der Waals surface area contributed by atoms with Crippen molar-refractivity contribution in [2.75, 3.05) is 11.9 Å². The molecule has 1 aromatic heterocycles. The van der Waals surface area contributed by atoms with Crippen LogP contribution < -0.4 is 5.32 Å². The number of carboxylic acid groups (broad SMARTS) is 1. The summed E-state index contributed by atoms with van der Waals surface area (Å²) in [6.45, 7) is 5.86. The molecular weight excluding hydrogens is 366 g/mol. The van der Waals surface area contributed by atoms with Gasteiger partial charge in [0.05, 0.1) is 24.0 Å². The molecule has 0 radical (unpaired) electrons. The number of rotatable bonds is 6. The summed E-state index contributed by atoms with van der Waals surface area (Å²) >= 11 is 1.34. The zero-order chi connectivity index (χ0) is 19.7. The van der Waals surface area contributed by atoms with E-state index in [2.05, 4.69) is 5.32 Å². The van der Waals surface area contributed by atoms with E-state index in [1.165, 1.54) is 11.3 Å². The van der Waals surface area contributed by atoms with Crippen LogP contribution in [-0.2, 0) is 20.7 Å². The predicted octanol–water partition coefficient (Wildman–Crippen LogP) is 3.65. The van der Waals surface area contributed by atoms with Gasteiger partial charge in [-0.1, -0.05) is 19.1 Å². The summed E-state index contributed by atoms with van der Waals surface area (Å²) in [5.41, 5.74) is 1.27. The number of fused-ring (bicyclic) bond motifs is 2. The Morgan fingerprint density at radius 3 is 2.33 bits per heavy atom. The van der Waals surface area contributed by atoms with Gasteiger partial charge in [-0.25, -0.2) is 4.79 Å². The number of hydrogen-bond acceptors (Lipinski definition) is 5. The van der Waals surface area contributed by atoms with Crippen molar-refractivity contribution in [3.63, 3.8) is 0 Å². The van der Waals surface area contributed by atoms with Crippen LogP contribution in [0.25, 0.3) is 0 Å². The molecule has 4 atom stereocenters. The normalized spacial score (nSPS) is 26.0. The van der Waals surface area contributed by atoms with E-state index in [0.717, 1.165) is 23.3 Å². The number of anilines is 1. The first kappa shape index (κ1) is 19.6. The Morgan fingerprint density at radius 2 is 1.81 bits per heavy atom. The fourth-order valence-corrected chi connectivity index (χ4v) is 5.53. The van der Waals surface area contributed by atoms with E-state index < -0.39 is 23.8 Å². The van der Waals surface area contributed by atoms with E-state index in [1.54, 1.807) is 6.92 Å². The van der Waals surface area contributed by atoms with Crippen molar-refractivity contribution >= 4 is 34.2 Å². The smallest absolute Gasteiger partial charge is 0.341 e. The standard InChI is InChI=1S/C20H25NO5S/c1-4-13-10(3)27-18(16(13)20(25)26-5-2)21-17(22)14-11-6-8-12(9-7-11)15(14)19(23)24/h6,8,11-12,14-15H,4-5,7,9H2,1-3H3,(H,21,22)(H,23,24)/t11-,12+,14+,15+/m1/s1. The van der Waals surface area contributed by atoms with Crippen molar-refractivity contribution in [1.29, 1.82) is 0 Å². The number of esters is 1. The van der Waals surface area contributed by atoms with Gasteiger partial charge < -0.3 is 15.2 Å². The summed E-state index contributed by atoms with van der Waals surface area (Å²) in [5.74, 6) is -3.22. The van der Waals surface area contributed by atoms with Crippen molar-refractivity contribution in [2.24, 2.45) is 23.7 Å². The number of carbonyl (C=O) groups excluding carboxylic acids is 2. The van der Waals surface area contributed by atoms with Crippen LogP contribution in [0.5, 0.6) is 0 Å². The molecule has 1 amide bonds. The molecule has 1 heterocycles. The maximum absolute atomic E-state index is 13.1. The van der Waals surface area contributed by atoms with Crippen LogP contribution in [0.15, 0.2) is 12.2 Å². The molecule has 0 saturated heterocycles. The largest absolute Gasteiger partial charge is 0.481 e. The molecule has 146 valence electrons. The maximum atomic E-state index is 13.1. The monoisotopic (exact) mass is 391 g/mol. The molecule has 4 rings (SSSR count). The number of thiophene rings is 1. The third kappa shape index (κ3) is 3.52. The van der Waals surface area contributed by atoms with Crippen LogP contribution in [0.2, 0.25) is 0 Å². The van der Waals surface area contributed by atoms with Gasteiger partial charge in [0, 0.05) is 4.88 Å². The molecule has 6 nitrogen and oxygen atoms in total. The first-order valence-corrected chi connectivity index (χ1v) is 10.2. The number of aryl methyl sites for hydroxylation is 1. The van der Waals surface area contributed by atoms with Crippen molar-refractivity contribution in [1.82, 2.24) is 0 Å². The van der Waals surface area contributed by atoms with Gasteiger partial charge in [-0.15, -0.1) is 11.3 Å². The zero-order valence-corrected chi connectivity index (χ0v) is 16.6. The minimum atomic E-state index is -0.934. The summed E-state index contributed by atoms with van der Waals surface area (Å²) in [6.07, 6.45) is 6.18. The van der Waals surface area contributed by atoms with E-state index in [0.29, 0.717) is 17.0 Å². The molecule has 3 aliphatic rings. The van der Waals surface area contributed by atoms with Gasteiger partial charge in [0.2, 0.25) is 5.91 Å². The van der Waals surface area contributed by atoms with Crippen molar-refractivity contribution in [2.45, 2.75) is 40.0 Å².